The number of hydrogen-bond acceptors (Lipinski definition) is 8. The molecule has 8 nitrogen and oxygen atoms in total. The lowest BCUT2D eigenvalue weighted by Gasteiger charge is -2.28. The van der Waals surface area contributed by atoms with Gasteiger partial charge in [0.15, 0.2) is 18.3 Å². The van der Waals surface area contributed by atoms with Crippen molar-refractivity contribution in [2.24, 2.45) is 0 Å². The Labute approximate surface area is 306 Å². The van der Waals surface area contributed by atoms with Gasteiger partial charge < -0.3 is 24.1 Å². The Bertz CT molecular complexity index is 818. The lowest BCUT2D eigenvalue weighted by molar-refractivity contribution is -0.175. The Morgan fingerprint density at radius 2 is 0.860 bits per heavy atom. The van der Waals surface area contributed by atoms with Crippen LogP contribution in [0.25, 0.3) is 0 Å². The Morgan fingerprint density at radius 3 is 1.24 bits per heavy atom. The summed E-state index contributed by atoms with van der Waals surface area (Å²) in [6, 6.07) is 0. The third kappa shape index (κ3) is 24.5. The third-order valence-corrected chi connectivity index (χ3v) is 9.98. The van der Waals surface area contributed by atoms with Crippen molar-refractivity contribution < 1.29 is 38.4 Å². The normalized spacial score (nSPS) is 17.9. The van der Waals surface area contributed by atoms with E-state index in [0.29, 0.717) is 6.42 Å². The van der Waals surface area contributed by atoms with Crippen molar-refractivity contribution >= 4 is 17.9 Å². The van der Waals surface area contributed by atoms with E-state index in [2.05, 4.69) is 20.8 Å². The first kappa shape index (κ1) is 46.4. The Morgan fingerprint density at radius 1 is 0.520 bits per heavy atom. The van der Waals surface area contributed by atoms with Crippen LogP contribution in [0, 0.1) is 0 Å². The second-order valence-corrected chi connectivity index (χ2v) is 14.7. The van der Waals surface area contributed by atoms with Gasteiger partial charge in [0.25, 0.3) is 0 Å². The topological polar surface area (TPSA) is 108 Å². The molecule has 1 heterocycles. The summed E-state index contributed by atoms with van der Waals surface area (Å²) in [5.74, 6) is -1.13. The minimum Gasteiger partial charge on any atom is -0.457 e. The van der Waals surface area contributed by atoms with Gasteiger partial charge in [-0.05, 0) is 19.3 Å². The molecule has 4 atom stereocenters. The summed E-state index contributed by atoms with van der Waals surface area (Å²) in [5, 5.41) is 10.2. The van der Waals surface area contributed by atoms with Crippen LogP contribution in [-0.2, 0) is 33.3 Å². The Hall–Kier alpha value is -1.67. The molecule has 0 amide bonds. The van der Waals surface area contributed by atoms with Crippen molar-refractivity contribution in [3.8, 4) is 0 Å². The maximum atomic E-state index is 13.0. The smallest absolute Gasteiger partial charge is 0.306 e. The standard InChI is InChI=1S/C42H78O8/c1-4-7-10-13-16-19-22-25-28-31-38(44)48-36(34-43)41-42(50-40(46)33-30-27-24-21-18-15-12-9-6-3)37(35-47-41)49-39(45)32-29-26-23-20-17-14-11-8-5-2/h36-37,41-43H,4-35H2,1-3H3. The molecule has 0 aromatic heterocycles. The predicted octanol–water partition coefficient (Wildman–Crippen LogP) is 10.9. The Balaban J connectivity index is 2.59. The second-order valence-electron chi connectivity index (χ2n) is 14.7. The van der Waals surface area contributed by atoms with Gasteiger partial charge in [0.1, 0.15) is 6.10 Å². The number of hydrogen-bond donors (Lipinski definition) is 1. The summed E-state index contributed by atoms with van der Waals surface area (Å²) < 4.78 is 23.3. The number of carbonyl (C=O) groups is 3. The number of esters is 3. The number of aliphatic hydroxyl groups is 1. The first-order valence-electron chi connectivity index (χ1n) is 21.3. The number of aliphatic hydroxyl groups excluding tert-OH is 1. The van der Waals surface area contributed by atoms with Gasteiger partial charge >= 0.3 is 17.9 Å². The summed E-state index contributed by atoms with van der Waals surface area (Å²) in [4.78, 5) is 38.5. The molecule has 50 heavy (non-hydrogen) atoms. The van der Waals surface area contributed by atoms with Gasteiger partial charge in [0.05, 0.1) is 13.2 Å². The largest absolute Gasteiger partial charge is 0.457 e. The first-order valence-corrected chi connectivity index (χ1v) is 21.3. The van der Waals surface area contributed by atoms with Crippen molar-refractivity contribution in [2.45, 2.75) is 238 Å². The minimum atomic E-state index is -1.01. The first-order chi connectivity index (χ1) is 24.5. The fraction of sp³-hybridized carbons (Fsp3) is 0.929. The highest BCUT2D eigenvalue weighted by atomic mass is 16.6. The molecule has 1 fully saturated rings. The molecular formula is C42H78O8. The van der Waals surface area contributed by atoms with Gasteiger partial charge in [-0.15, -0.1) is 0 Å². The maximum absolute atomic E-state index is 13.0. The molecule has 1 aliphatic rings. The van der Waals surface area contributed by atoms with Crippen LogP contribution in [0.5, 0.6) is 0 Å². The number of rotatable bonds is 35. The van der Waals surface area contributed by atoms with Gasteiger partial charge in [0.2, 0.25) is 0 Å². The van der Waals surface area contributed by atoms with E-state index in [1.807, 2.05) is 0 Å². The van der Waals surface area contributed by atoms with E-state index in [0.717, 1.165) is 57.8 Å². The molecule has 0 aromatic rings. The highest BCUT2D eigenvalue weighted by Gasteiger charge is 2.47. The van der Waals surface area contributed by atoms with Crippen LogP contribution in [0.15, 0.2) is 0 Å². The van der Waals surface area contributed by atoms with Gasteiger partial charge in [-0.2, -0.15) is 0 Å². The molecule has 0 spiro atoms. The van der Waals surface area contributed by atoms with Crippen LogP contribution in [0.2, 0.25) is 0 Å². The average molecular weight is 711 g/mol. The van der Waals surface area contributed by atoms with E-state index in [1.54, 1.807) is 0 Å². The fourth-order valence-corrected chi connectivity index (χ4v) is 6.78. The lowest BCUT2D eigenvalue weighted by Crippen LogP contribution is -2.46. The SMILES string of the molecule is CCCCCCCCCCCC(=O)OC(CO)C1OCC(OC(=O)CCCCCCCCCCC)C1OC(=O)CCCCCCCCCCC. The van der Waals surface area contributed by atoms with E-state index in [9.17, 15) is 19.5 Å². The molecule has 0 radical (unpaired) electrons. The van der Waals surface area contributed by atoms with Crippen LogP contribution in [0.1, 0.15) is 213 Å². The van der Waals surface area contributed by atoms with Gasteiger partial charge in [-0.25, -0.2) is 0 Å². The van der Waals surface area contributed by atoms with Crippen molar-refractivity contribution in [1.82, 2.24) is 0 Å². The summed E-state index contributed by atoms with van der Waals surface area (Å²) in [7, 11) is 0. The lowest BCUT2D eigenvalue weighted by atomic mass is 10.0. The highest BCUT2D eigenvalue weighted by Crippen LogP contribution is 2.27. The fourth-order valence-electron chi connectivity index (χ4n) is 6.78. The summed E-state index contributed by atoms with van der Waals surface area (Å²) in [6.07, 6.45) is 28.2. The molecule has 1 rings (SSSR count). The highest BCUT2D eigenvalue weighted by molar-refractivity contribution is 5.71. The zero-order valence-corrected chi connectivity index (χ0v) is 32.7. The van der Waals surface area contributed by atoms with E-state index < -0.39 is 37.0 Å². The van der Waals surface area contributed by atoms with Gasteiger partial charge in [0, 0.05) is 19.3 Å². The molecule has 0 aliphatic carbocycles. The van der Waals surface area contributed by atoms with Crippen molar-refractivity contribution in [1.29, 1.82) is 0 Å². The summed E-state index contributed by atoms with van der Waals surface area (Å²) >= 11 is 0. The van der Waals surface area contributed by atoms with E-state index in [4.69, 9.17) is 18.9 Å². The third-order valence-electron chi connectivity index (χ3n) is 9.98. The van der Waals surface area contributed by atoms with E-state index >= 15 is 0 Å². The van der Waals surface area contributed by atoms with Crippen molar-refractivity contribution in [3.63, 3.8) is 0 Å². The van der Waals surface area contributed by atoms with Crippen LogP contribution >= 0.6 is 0 Å². The predicted molar refractivity (Wildman–Crippen MR) is 202 cm³/mol. The molecule has 1 aliphatic heterocycles. The summed E-state index contributed by atoms with van der Waals surface area (Å²) in [6.45, 7) is 6.22. The van der Waals surface area contributed by atoms with Gasteiger partial charge in [-0.1, -0.05) is 175 Å². The van der Waals surface area contributed by atoms with Crippen LogP contribution < -0.4 is 0 Å². The molecule has 0 aromatic carbocycles. The summed E-state index contributed by atoms with van der Waals surface area (Å²) in [5.41, 5.74) is 0. The molecule has 0 saturated carbocycles. The van der Waals surface area contributed by atoms with E-state index in [-0.39, 0.29) is 31.4 Å². The monoisotopic (exact) mass is 711 g/mol. The number of carbonyl (C=O) groups excluding carboxylic acids is 3. The van der Waals surface area contributed by atoms with Crippen molar-refractivity contribution in [2.75, 3.05) is 13.2 Å². The molecule has 1 saturated heterocycles. The zero-order chi connectivity index (χ0) is 36.5. The van der Waals surface area contributed by atoms with Crippen LogP contribution in [-0.4, -0.2) is 60.6 Å². The second kappa shape index (κ2) is 33.2. The molecule has 294 valence electrons. The minimum absolute atomic E-state index is 0.0243. The molecule has 4 unspecified atom stereocenters. The molecule has 0 bridgehead atoms. The Kier molecular flexibility index (Phi) is 30.8. The number of unbranched alkanes of at least 4 members (excludes halogenated alkanes) is 24. The molecule has 8 heteroatoms. The van der Waals surface area contributed by atoms with Crippen molar-refractivity contribution in [3.05, 3.63) is 0 Å². The molecular weight excluding hydrogens is 632 g/mol. The number of ether oxygens (including phenoxy) is 4. The quantitative estimate of drug-likeness (QED) is 0.0393. The van der Waals surface area contributed by atoms with Crippen LogP contribution in [0.3, 0.4) is 0 Å². The zero-order valence-electron chi connectivity index (χ0n) is 32.7. The van der Waals surface area contributed by atoms with Gasteiger partial charge in [-0.3, -0.25) is 14.4 Å². The van der Waals surface area contributed by atoms with Crippen LogP contribution in [0.4, 0.5) is 0 Å². The average Bonchev–Trinajstić information content (AvgIpc) is 3.49. The van der Waals surface area contributed by atoms with E-state index in [1.165, 1.54) is 116 Å². The maximum Gasteiger partial charge on any atom is 0.306 e. The molecule has 1 N–H and O–H groups in total.